The number of hydrogen-bond acceptors (Lipinski definition) is 7. The first-order valence-electron chi connectivity index (χ1n) is 11.5. The van der Waals surface area contributed by atoms with Crippen molar-refractivity contribution in [2.75, 3.05) is 23.0 Å². The number of carbonyl (C=O) groups excluding carboxylic acids is 2. The molecule has 4 rings (SSSR count). The van der Waals surface area contributed by atoms with Crippen LogP contribution in [0.15, 0.2) is 36.7 Å². The molecule has 2 aliphatic rings. The molecule has 0 bridgehead atoms. The minimum Gasteiger partial charge on any atom is -0.429 e. The van der Waals surface area contributed by atoms with E-state index in [4.69, 9.17) is 5.11 Å². The summed E-state index contributed by atoms with van der Waals surface area (Å²) in [5.41, 5.74) is 0.283. The SMILES string of the molecule is CC1(CC(=O)c2ccc3c(c2)C(C)(C)C(=O)N3c2cncc(OC(F)(F)CO)c2)CCS(=O)(=O)CC1. The number of nitrogens with zero attached hydrogens (tertiary/aromatic N) is 2. The minimum atomic E-state index is -3.80. The van der Waals surface area contributed by atoms with Gasteiger partial charge in [-0.2, -0.15) is 8.78 Å². The summed E-state index contributed by atoms with van der Waals surface area (Å²) in [4.78, 5) is 31.8. The number of aromatic nitrogens is 1. The number of halogens is 2. The Morgan fingerprint density at radius 3 is 2.47 bits per heavy atom. The van der Waals surface area contributed by atoms with Crippen LogP contribution in [0, 0.1) is 5.41 Å². The van der Waals surface area contributed by atoms with E-state index in [1.807, 2.05) is 6.92 Å². The molecule has 1 aromatic heterocycles. The first-order valence-corrected chi connectivity index (χ1v) is 13.3. The predicted molar refractivity (Wildman–Crippen MR) is 128 cm³/mol. The Morgan fingerprint density at radius 2 is 1.83 bits per heavy atom. The highest BCUT2D eigenvalue weighted by molar-refractivity contribution is 7.91. The molecule has 0 atom stereocenters. The average Bonchev–Trinajstić information content (AvgIpc) is 3.01. The van der Waals surface area contributed by atoms with Crippen molar-refractivity contribution in [3.63, 3.8) is 0 Å². The van der Waals surface area contributed by atoms with Gasteiger partial charge in [-0.15, -0.1) is 0 Å². The van der Waals surface area contributed by atoms with E-state index in [9.17, 15) is 26.8 Å². The fourth-order valence-corrected chi connectivity index (χ4v) is 6.46. The van der Waals surface area contributed by atoms with E-state index in [1.54, 1.807) is 32.0 Å². The van der Waals surface area contributed by atoms with E-state index in [2.05, 4.69) is 9.72 Å². The lowest BCUT2D eigenvalue weighted by Gasteiger charge is -2.32. The summed E-state index contributed by atoms with van der Waals surface area (Å²) in [7, 11) is -3.05. The van der Waals surface area contributed by atoms with E-state index in [-0.39, 0.29) is 41.1 Å². The zero-order valence-electron chi connectivity index (χ0n) is 20.3. The molecule has 1 saturated heterocycles. The number of benzene rings is 1. The summed E-state index contributed by atoms with van der Waals surface area (Å²) in [6, 6.07) is 6.15. The van der Waals surface area contributed by atoms with Crippen molar-refractivity contribution < 1.29 is 36.6 Å². The van der Waals surface area contributed by atoms with Crippen molar-refractivity contribution in [1.29, 1.82) is 0 Å². The Morgan fingerprint density at radius 1 is 1.17 bits per heavy atom. The Hall–Kier alpha value is -2.92. The van der Waals surface area contributed by atoms with Crippen LogP contribution in [0.1, 0.15) is 56.0 Å². The number of anilines is 2. The molecule has 0 spiro atoms. The second kappa shape index (κ2) is 8.88. The Bertz CT molecular complexity index is 1310. The minimum absolute atomic E-state index is 0.0680. The lowest BCUT2D eigenvalue weighted by Crippen LogP contribution is -2.33. The molecular weight excluding hydrogens is 494 g/mol. The quantitative estimate of drug-likeness (QED) is 0.551. The number of Topliss-reactive ketones (excluding diaryl/α,β-unsaturated/α-hetero) is 1. The van der Waals surface area contributed by atoms with E-state index < -0.39 is 33.4 Å². The van der Waals surface area contributed by atoms with Gasteiger partial charge in [0.15, 0.2) is 5.78 Å². The van der Waals surface area contributed by atoms with Crippen LogP contribution in [0.4, 0.5) is 20.2 Å². The number of alkyl halides is 2. The molecule has 1 fully saturated rings. The number of pyridine rings is 1. The van der Waals surface area contributed by atoms with Crippen LogP contribution in [0.25, 0.3) is 0 Å². The number of ketones is 1. The summed E-state index contributed by atoms with van der Waals surface area (Å²) in [5, 5.41) is 8.78. The Labute approximate surface area is 208 Å². The zero-order valence-corrected chi connectivity index (χ0v) is 21.1. The lowest BCUT2D eigenvalue weighted by atomic mass is 9.78. The third-order valence-electron chi connectivity index (χ3n) is 7.00. The molecule has 1 amide bonds. The molecule has 0 saturated carbocycles. The standard InChI is InChI=1S/C25H28F2N2O6S/c1-23(2)19-10-16(21(31)12-24(3)6-8-36(33,34)9-7-24)4-5-20(19)29(22(23)32)17-11-18(14-28-13-17)35-25(26,27)15-30/h4-5,10-11,13-14,30H,6-9,12,15H2,1-3H3. The highest BCUT2D eigenvalue weighted by Crippen LogP contribution is 2.46. The average molecular weight is 523 g/mol. The molecule has 0 aliphatic carbocycles. The van der Waals surface area contributed by atoms with Crippen LogP contribution >= 0.6 is 0 Å². The monoisotopic (exact) mass is 522 g/mol. The van der Waals surface area contributed by atoms with Crippen LogP contribution in [0.5, 0.6) is 5.75 Å². The first-order chi connectivity index (χ1) is 16.7. The topological polar surface area (TPSA) is 114 Å². The largest absolute Gasteiger partial charge is 0.429 e. The maximum atomic E-state index is 13.5. The van der Waals surface area contributed by atoms with Gasteiger partial charge < -0.3 is 9.84 Å². The van der Waals surface area contributed by atoms with Gasteiger partial charge in [0.25, 0.3) is 0 Å². The van der Waals surface area contributed by atoms with Gasteiger partial charge >= 0.3 is 6.11 Å². The van der Waals surface area contributed by atoms with Crippen LogP contribution in [0.2, 0.25) is 0 Å². The molecular formula is C25H28F2N2O6S. The molecule has 2 aromatic rings. The number of sulfone groups is 1. The first kappa shape index (κ1) is 26.2. The van der Waals surface area contributed by atoms with Gasteiger partial charge in [-0.3, -0.25) is 19.5 Å². The highest BCUT2D eigenvalue weighted by atomic mass is 32.2. The van der Waals surface area contributed by atoms with E-state index in [0.717, 1.165) is 6.20 Å². The molecule has 0 unspecified atom stereocenters. The number of carbonyl (C=O) groups is 2. The maximum absolute atomic E-state index is 13.5. The van der Waals surface area contributed by atoms with E-state index >= 15 is 0 Å². The molecule has 1 N–H and O–H groups in total. The molecule has 0 radical (unpaired) electrons. The van der Waals surface area contributed by atoms with Gasteiger partial charge in [0.05, 0.1) is 40.7 Å². The van der Waals surface area contributed by atoms with Crippen LogP contribution < -0.4 is 9.64 Å². The fraction of sp³-hybridized carbons (Fsp3) is 0.480. The van der Waals surface area contributed by atoms with Crippen molar-refractivity contribution in [2.24, 2.45) is 5.41 Å². The summed E-state index contributed by atoms with van der Waals surface area (Å²) in [5.74, 6) is -0.652. The van der Waals surface area contributed by atoms with Gasteiger partial charge in [0.1, 0.15) is 22.2 Å². The van der Waals surface area contributed by atoms with E-state index in [1.165, 1.54) is 17.2 Å². The number of fused-ring (bicyclic) bond motifs is 1. The van der Waals surface area contributed by atoms with Crippen molar-refractivity contribution in [1.82, 2.24) is 4.98 Å². The third kappa shape index (κ3) is 4.99. The summed E-state index contributed by atoms with van der Waals surface area (Å²) >= 11 is 0. The molecule has 8 nitrogen and oxygen atoms in total. The highest BCUT2D eigenvalue weighted by Gasteiger charge is 2.45. The van der Waals surface area contributed by atoms with E-state index in [0.29, 0.717) is 29.7 Å². The second-order valence-electron chi connectivity index (χ2n) is 10.3. The second-order valence-corrected chi connectivity index (χ2v) is 12.6. The van der Waals surface area contributed by atoms with Crippen molar-refractivity contribution in [2.45, 2.75) is 51.6 Å². The van der Waals surface area contributed by atoms with Crippen LogP contribution in [-0.2, 0) is 20.0 Å². The number of aliphatic hydroxyl groups is 1. The fourth-order valence-electron chi connectivity index (χ4n) is 4.65. The molecule has 1 aromatic carbocycles. The van der Waals surface area contributed by atoms with Gasteiger partial charge in [0.2, 0.25) is 5.91 Å². The lowest BCUT2D eigenvalue weighted by molar-refractivity contribution is -0.200. The maximum Gasteiger partial charge on any atom is 0.421 e. The zero-order chi connectivity index (χ0) is 26.5. The van der Waals surface area contributed by atoms with Gasteiger partial charge in [-0.25, -0.2) is 8.42 Å². The molecule has 194 valence electrons. The number of rotatable bonds is 7. The number of amides is 1. The number of hydrogen-bond donors (Lipinski definition) is 1. The van der Waals surface area contributed by atoms with Crippen molar-refractivity contribution in [3.05, 3.63) is 47.8 Å². The summed E-state index contributed by atoms with van der Waals surface area (Å²) < 4.78 is 55.1. The normalized spacial score (nSPS) is 20.2. The number of ether oxygens (including phenoxy) is 1. The van der Waals surface area contributed by atoms with Gasteiger partial charge in [-0.05, 0) is 55.9 Å². The molecule has 2 aliphatic heterocycles. The number of aliphatic hydroxyl groups excluding tert-OH is 1. The van der Waals surface area contributed by atoms with Gasteiger partial charge in [0, 0.05) is 18.1 Å². The van der Waals surface area contributed by atoms with Gasteiger partial charge in [-0.1, -0.05) is 6.92 Å². The van der Waals surface area contributed by atoms with Crippen molar-refractivity contribution in [3.8, 4) is 5.75 Å². The van der Waals surface area contributed by atoms with Crippen LogP contribution in [0.3, 0.4) is 0 Å². The predicted octanol–water partition coefficient (Wildman–Crippen LogP) is 3.79. The third-order valence-corrected chi connectivity index (χ3v) is 8.65. The Balaban J connectivity index is 1.63. The Kier molecular flexibility index (Phi) is 6.45. The van der Waals surface area contributed by atoms with Crippen molar-refractivity contribution >= 4 is 32.9 Å². The molecule has 3 heterocycles. The molecule has 11 heteroatoms. The smallest absolute Gasteiger partial charge is 0.421 e. The van der Waals surface area contributed by atoms with Crippen LogP contribution in [-0.4, -0.2) is 54.4 Å². The summed E-state index contributed by atoms with van der Waals surface area (Å²) in [6.07, 6.45) is -0.375. The summed E-state index contributed by atoms with van der Waals surface area (Å²) in [6.45, 7) is 3.83. The molecule has 36 heavy (non-hydrogen) atoms.